The van der Waals surface area contributed by atoms with E-state index in [4.69, 9.17) is 22.9 Å². The van der Waals surface area contributed by atoms with Gasteiger partial charge in [-0.25, -0.2) is 0 Å². The van der Waals surface area contributed by atoms with Gasteiger partial charge in [-0.15, -0.1) is 0 Å². The summed E-state index contributed by atoms with van der Waals surface area (Å²) in [5.41, 5.74) is 21.5. The Kier molecular flexibility index (Phi) is 9.14. The number of nitrogens with two attached hydrogens (primary N) is 4. The van der Waals surface area contributed by atoms with Crippen molar-refractivity contribution >= 4 is 23.6 Å². The molecule has 0 heterocycles. The van der Waals surface area contributed by atoms with E-state index in [2.05, 4.69) is 0 Å². The van der Waals surface area contributed by atoms with E-state index in [1.807, 2.05) is 41.5 Å². The Morgan fingerprint density at radius 2 is 0.964 bits per heavy atom. The van der Waals surface area contributed by atoms with Crippen molar-refractivity contribution in [2.24, 2.45) is 57.4 Å². The fraction of sp³-hybridized carbons (Fsp3) is 0.800. The van der Waals surface area contributed by atoms with E-state index < -0.39 is 52.7 Å². The average molecular weight is 399 g/mol. The number of hydrogen-bond donors (Lipinski definition) is 4. The molecule has 28 heavy (non-hydrogen) atoms. The van der Waals surface area contributed by atoms with E-state index in [-0.39, 0.29) is 24.7 Å². The molecule has 4 amide bonds. The predicted octanol–water partition coefficient (Wildman–Crippen LogP) is 1.05. The molecule has 0 fully saturated rings. The van der Waals surface area contributed by atoms with Crippen LogP contribution in [-0.4, -0.2) is 23.6 Å². The molecule has 0 aromatic carbocycles. The van der Waals surface area contributed by atoms with Gasteiger partial charge in [-0.1, -0.05) is 41.5 Å². The maximum Gasteiger partial charge on any atom is 0.221 e. The van der Waals surface area contributed by atoms with Crippen LogP contribution in [0.1, 0.15) is 67.2 Å². The summed E-state index contributed by atoms with van der Waals surface area (Å²) in [6.45, 7) is 11.4. The highest BCUT2D eigenvalue weighted by molar-refractivity contribution is 5.83. The van der Waals surface area contributed by atoms with E-state index in [0.29, 0.717) is 6.42 Å². The summed E-state index contributed by atoms with van der Waals surface area (Å²) in [7, 11) is 0. The summed E-state index contributed by atoms with van der Waals surface area (Å²) in [4.78, 5) is 47.8. The molecule has 0 saturated carbocycles. The molecule has 162 valence electrons. The summed E-state index contributed by atoms with van der Waals surface area (Å²) in [6, 6.07) is 0. The number of carbonyl (C=O) groups is 4. The molecule has 8 nitrogen and oxygen atoms in total. The Morgan fingerprint density at radius 3 is 1.25 bits per heavy atom. The summed E-state index contributed by atoms with van der Waals surface area (Å²) >= 11 is 0. The van der Waals surface area contributed by atoms with E-state index >= 15 is 0 Å². The minimum atomic E-state index is -0.766. The number of primary amides is 4. The van der Waals surface area contributed by atoms with Crippen molar-refractivity contribution in [1.29, 1.82) is 0 Å². The van der Waals surface area contributed by atoms with Crippen LogP contribution in [0.4, 0.5) is 0 Å². The van der Waals surface area contributed by atoms with Crippen molar-refractivity contribution < 1.29 is 19.2 Å². The van der Waals surface area contributed by atoms with Crippen LogP contribution in [0.15, 0.2) is 0 Å². The zero-order valence-electron chi connectivity index (χ0n) is 18.1. The zero-order valence-corrected chi connectivity index (χ0v) is 18.1. The van der Waals surface area contributed by atoms with Crippen molar-refractivity contribution in [3.63, 3.8) is 0 Å². The Morgan fingerprint density at radius 1 is 0.607 bits per heavy atom. The third-order valence-corrected chi connectivity index (χ3v) is 5.11. The Bertz CT molecular complexity index is 590. The van der Waals surface area contributed by atoms with E-state index in [0.717, 1.165) is 0 Å². The Balaban J connectivity index is 5.54. The maximum absolute atomic E-state index is 12.0. The first-order valence-corrected chi connectivity index (χ1v) is 9.63. The topological polar surface area (TPSA) is 172 Å². The van der Waals surface area contributed by atoms with Gasteiger partial charge in [0, 0.05) is 23.7 Å². The van der Waals surface area contributed by atoms with Crippen LogP contribution in [0.25, 0.3) is 0 Å². The van der Waals surface area contributed by atoms with E-state index in [9.17, 15) is 19.2 Å². The highest BCUT2D eigenvalue weighted by Gasteiger charge is 2.36. The maximum atomic E-state index is 12.0. The first-order chi connectivity index (χ1) is 12.5. The van der Waals surface area contributed by atoms with Crippen LogP contribution in [0.2, 0.25) is 0 Å². The molecule has 0 rings (SSSR count). The SMILES string of the molecule is CC(C)(C)CC(CC(CC(CC(C(N)=O)C(C)(C)C)C(N)=O)C(N)=O)C(N)=O. The quantitative estimate of drug-likeness (QED) is 0.407. The smallest absolute Gasteiger partial charge is 0.221 e. The van der Waals surface area contributed by atoms with Gasteiger partial charge in [0.1, 0.15) is 0 Å². The standard InChI is InChI=1S/C20H38N4O4/c1-19(2,3)10-13(17(23)27)8-11(15(21)25)7-12(16(22)26)9-14(18(24)28)20(4,5)6/h11-14H,7-10H2,1-6H3,(H2,21,25)(H2,22,26)(H2,23,27)(H2,24,28). The molecule has 0 aliphatic heterocycles. The molecule has 0 aromatic heterocycles. The lowest BCUT2D eigenvalue weighted by Crippen LogP contribution is -2.40. The number of carbonyl (C=O) groups excluding carboxylic acids is 4. The first kappa shape index (κ1) is 25.9. The van der Waals surface area contributed by atoms with Crippen LogP contribution in [0, 0.1) is 34.5 Å². The zero-order chi connectivity index (χ0) is 22.4. The predicted molar refractivity (Wildman–Crippen MR) is 108 cm³/mol. The minimum absolute atomic E-state index is 0.0540. The van der Waals surface area contributed by atoms with Crippen molar-refractivity contribution in [2.75, 3.05) is 0 Å². The molecule has 0 radical (unpaired) electrons. The monoisotopic (exact) mass is 398 g/mol. The lowest BCUT2D eigenvalue weighted by molar-refractivity contribution is -0.129. The number of hydrogen-bond acceptors (Lipinski definition) is 4. The molecular weight excluding hydrogens is 360 g/mol. The molecule has 0 aromatic rings. The van der Waals surface area contributed by atoms with Crippen LogP contribution in [0.3, 0.4) is 0 Å². The number of rotatable bonds is 11. The van der Waals surface area contributed by atoms with Gasteiger partial charge in [0.25, 0.3) is 0 Å². The molecule has 0 saturated heterocycles. The fourth-order valence-electron chi connectivity index (χ4n) is 3.56. The molecule has 0 spiro atoms. The summed E-state index contributed by atoms with van der Waals surface area (Å²) < 4.78 is 0. The second kappa shape index (κ2) is 9.89. The third-order valence-electron chi connectivity index (χ3n) is 5.11. The highest BCUT2D eigenvalue weighted by Crippen LogP contribution is 2.35. The van der Waals surface area contributed by atoms with Gasteiger partial charge in [0.15, 0.2) is 0 Å². The average Bonchev–Trinajstić information content (AvgIpc) is 2.45. The Hall–Kier alpha value is -2.12. The van der Waals surface area contributed by atoms with Crippen molar-refractivity contribution in [3.05, 3.63) is 0 Å². The molecule has 4 atom stereocenters. The van der Waals surface area contributed by atoms with Gasteiger partial charge in [-0.2, -0.15) is 0 Å². The fourth-order valence-corrected chi connectivity index (χ4v) is 3.56. The first-order valence-electron chi connectivity index (χ1n) is 9.63. The van der Waals surface area contributed by atoms with Crippen LogP contribution < -0.4 is 22.9 Å². The lowest BCUT2D eigenvalue weighted by atomic mass is 9.72. The molecule has 0 aliphatic rings. The van der Waals surface area contributed by atoms with Gasteiger partial charge in [0.05, 0.1) is 0 Å². The largest absolute Gasteiger partial charge is 0.369 e. The van der Waals surface area contributed by atoms with Crippen molar-refractivity contribution in [1.82, 2.24) is 0 Å². The van der Waals surface area contributed by atoms with Gasteiger partial charge >= 0.3 is 0 Å². The summed E-state index contributed by atoms with van der Waals surface area (Å²) in [6.07, 6.45) is 0.804. The summed E-state index contributed by atoms with van der Waals surface area (Å²) in [5.74, 6) is -4.98. The van der Waals surface area contributed by atoms with Crippen LogP contribution in [0.5, 0.6) is 0 Å². The van der Waals surface area contributed by atoms with Crippen LogP contribution in [-0.2, 0) is 19.2 Å². The van der Waals surface area contributed by atoms with Gasteiger partial charge in [-0.3, -0.25) is 19.2 Å². The third kappa shape index (κ3) is 9.19. The molecule has 8 N–H and O–H groups in total. The van der Waals surface area contributed by atoms with Crippen LogP contribution >= 0.6 is 0 Å². The normalized spacial score (nSPS) is 16.6. The van der Waals surface area contributed by atoms with Gasteiger partial charge in [0.2, 0.25) is 23.6 Å². The van der Waals surface area contributed by atoms with Gasteiger partial charge < -0.3 is 22.9 Å². The molecule has 4 unspecified atom stereocenters. The highest BCUT2D eigenvalue weighted by atomic mass is 16.2. The summed E-state index contributed by atoms with van der Waals surface area (Å²) in [5, 5.41) is 0. The van der Waals surface area contributed by atoms with E-state index in [1.165, 1.54) is 0 Å². The lowest BCUT2D eigenvalue weighted by Gasteiger charge is -2.32. The van der Waals surface area contributed by atoms with Crippen molar-refractivity contribution in [2.45, 2.75) is 67.2 Å². The minimum Gasteiger partial charge on any atom is -0.369 e. The van der Waals surface area contributed by atoms with Crippen molar-refractivity contribution in [3.8, 4) is 0 Å². The van der Waals surface area contributed by atoms with E-state index in [1.54, 1.807) is 0 Å². The Labute approximate surface area is 168 Å². The number of amides is 4. The molecule has 8 heteroatoms. The second-order valence-electron chi connectivity index (χ2n) is 10.1. The second-order valence-corrected chi connectivity index (χ2v) is 10.1. The molecular formula is C20H38N4O4. The molecule has 0 bridgehead atoms. The van der Waals surface area contributed by atoms with Gasteiger partial charge in [-0.05, 0) is 36.5 Å². The molecule has 0 aliphatic carbocycles.